The van der Waals surface area contributed by atoms with Gasteiger partial charge in [0.1, 0.15) is 5.57 Å². The first kappa shape index (κ1) is 15.6. The van der Waals surface area contributed by atoms with Gasteiger partial charge in [0.25, 0.3) is 5.69 Å². The molecule has 1 aromatic carbocycles. The lowest BCUT2D eigenvalue weighted by molar-refractivity contribution is -0.385. The van der Waals surface area contributed by atoms with Crippen molar-refractivity contribution in [1.29, 1.82) is 0 Å². The summed E-state index contributed by atoms with van der Waals surface area (Å²) in [4.78, 5) is 33.6. The lowest BCUT2D eigenvalue weighted by Gasteiger charge is -2.09. The Hall–Kier alpha value is -2.50. The minimum absolute atomic E-state index is 0.177. The molecular formula is C14H15NO5. The molecule has 0 fully saturated rings. The van der Waals surface area contributed by atoms with Gasteiger partial charge >= 0.3 is 5.97 Å². The highest BCUT2D eigenvalue weighted by atomic mass is 16.6. The van der Waals surface area contributed by atoms with E-state index in [1.165, 1.54) is 31.2 Å². The molecule has 0 amide bonds. The van der Waals surface area contributed by atoms with Gasteiger partial charge < -0.3 is 4.74 Å². The van der Waals surface area contributed by atoms with Gasteiger partial charge in [-0.05, 0) is 32.9 Å². The summed E-state index contributed by atoms with van der Waals surface area (Å²) >= 11 is 0. The zero-order valence-corrected chi connectivity index (χ0v) is 11.5. The number of hydrogen-bond donors (Lipinski definition) is 0. The van der Waals surface area contributed by atoms with Crippen LogP contribution in [0, 0.1) is 10.1 Å². The van der Waals surface area contributed by atoms with Crippen molar-refractivity contribution in [2.75, 3.05) is 0 Å². The van der Waals surface area contributed by atoms with Crippen LogP contribution in [-0.2, 0) is 14.3 Å². The normalized spacial score (nSPS) is 11.3. The van der Waals surface area contributed by atoms with E-state index in [2.05, 4.69) is 0 Å². The van der Waals surface area contributed by atoms with E-state index in [-0.39, 0.29) is 22.9 Å². The lowest BCUT2D eigenvalue weighted by Crippen LogP contribution is -2.17. The van der Waals surface area contributed by atoms with Crippen LogP contribution in [0.5, 0.6) is 0 Å². The largest absolute Gasteiger partial charge is 0.459 e. The minimum atomic E-state index is -0.786. The van der Waals surface area contributed by atoms with E-state index in [4.69, 9.17) is 4.74 Å². The third-order valence-corrected chi connectivity index (χ3v) is 2.38. The molecule has 20 heavy (non-hydrogen) atoms. The number of ether oxygens (including phenoxy) is 1. The number of nitrogens with zero attached hydrogens (tertiary/aromatic N) is 1. The van der Waals surface area contributed by atoms with Crippen molar-refractivity contribution in [3.63, 3.8) is 0 Å². The van der Waals surface area contributed by atoms with Crippen molar-refractivity contribution >= 4 is 23.5 Å². The first-order valence-corrected chi connectivity index (χ1v) is 6.00. The molecule has 0 aliphatic carbocycles. The first-order chi connectivity index (χ1) is 9.32. The van der Waals surface area contributed by atoms with Crippen molar-refractivity contribution in [2.24, 2.45) is 0 Å². The Morgan fingerprint density at radius 1 is 1.30 bits per heavy atom. The number of Topliss-reactive ketones (excluding diaryl/α,β-unsaturated/α-hetero) is 1. The molecule has 0 aliphatic heterocycles. The van der Waals surface area contributed by atoms with Crippen molar-refractivity contribution in [3.05, 3.63) is 45.5 Å². The molecule has 0 radical (unpaired) electrons. The first-order valence-electron chi connectivity index (χ1n) is 6.00. The van der Waals surface area contributed by atoms with E-state index in [0.717, 1.165) is 0 Å². The Balaban J connectivity index is 3.25. The third kappa shape index (κ3) is 4.01. The Bertz CT molecular complexity index is 575. The minimum Gasteiger partial charge on any atom is -0.459 e. The van der Waals surface area contributed by atoms with Gasteiger partial charge in [0.05, 0.1) is 16.6 Å². The Morgan fingerprint density at radius 2 is 1.90 bits per heavy atom. The van der Waals surface area contributed by atoms with Crippen LogP contribution in [0.4, 0.5) is 5.69 Å². The van der Waals surface area contributed by atoms with E-state index in [1.54, 1.807) is 19.9 Å². The molecule has 0 atom stereocenters. The van der Waals surface area contributed by atoms with Crippen LogP contribution in [0.2, 0.25) is 0 Å². The molecule has 0 aliphatic rings. The summed E-state index contributed by atoms with van der Waals surface area (Å²) in [5, 5.41) is 10.9. The Labute approximate surface area is 116 Å². The average molecular weight is 277 g/mol. The summed E-state index contributed by atoms with van der Waals surface area (Å²) in [5.41, 5.74) is -0.208. The third-order valence-electron chi connectivity index (χ3n) is 2.38. The predicted molar refractivity (Wildman–Crippen MR) is 73.0 cm³/mol. The van der Waals surface area contributed by atoms with Gasteiger partial charge in [-0.2, -0.15) is 0 Å². The summed E-state index contributed by atoms with van der Waals surface area (Å²) in [6.45, 7) is 4.52. The number of nitro groups is 1. The summed E-state index contributed by atoms with van der Waals surface area (Å²) in [5.74, 6) is -1.29. The van der Waals surface area contributed by atoms with Crippen LogP contribution in [0.3, 0.4) is 0 Å². The maximum atomic E-state index is 11.8. The number of ketones is 1. The van der Waals surface area contributed by atoms with E-state index in [0.29, 0.717) is 0 Å². The second-order valence-corrected chi connectivity index (χ2v) is 4.38. The average Bonchev–Trinajstić information content (AvgIpc) is 2.34. The van der Waals surface area contributed by atoms with Crippen LogP contribution >= 0.6 is 0 Å². The smallest absolute Gasteiger partial charge is 0.342 e. The predicted octanol–water partition coefficient (Wildman–Crippen LogP) is 2.52. The SMILES string of the molecule is CC(=O)/C(=C\c1ccccc1[N+](=O)[O-])C(=O)OC(C)C. The number of carbonyl (C=O) groups excluding carboxylic acids is 2. The van der Waals surface area contributed by atoms with Gasteiger partial charge in [0.15, 0.2) is 5.78 Å². The standard InChI is InChI=1S/C14H15NO5/c1-9(2)20-14(17)12(10(3)16)8-11-6-4-5-7-13(11)15(18)19/h4-9H,1-3H3/b12-8+. The molecule has 0 unspecified atom stereocenters. The van der Waals surface area contributed by atoms with Gasteiger partial charge in [-0.1, -0.05) is 12.1 Å². The molecule has 106 valence electrons. The lowest BCUT2D eigenvalue weighted by atomic mass is 10.1. The number of rotatable bonds is 5. The molecule has 6 nitrogen and oxygen atoms in total. The van der Waals surface area contributed by atoms with Gasteiger partial charge in [0.2, 0.25) is 0 Å². The summed E-state index contributed by atoms with van der Waals surface area (Å²) in [6, 6.07) is 5.86. The summed E-state index contributed by atoms with van der Waals surface area (Å²) < 4.78 is 4.95. The highest BCUT2D eigenvalue weighted by molar-refractivity contribution is 6.20. The second kappa shape index (κ2) is 6.60. The number of carbonyl (C=O) groups is 2. The highest BCUT2D eigenvalue weighted by Crippen LogP contribution is 2.21. The maximum absolute atomic E-state index is 11.8. The van der Waals surface area contributed by atoms with Gasteiger partial charge in [-0.15, -0.1) is 0 Å². The van der Waals surface area contributed by atoms with Crippen LogP contribution in [0.1, 0.15) is 26.3 Å². The number of nitro benzene ring substituents is 1. The molecule has 0 saturated heterocycles. The van der Waals surface area contributed by atoms with Crippen molar-refractivity contribution < 1.29 is 19.2 Å². The maximum Gasteiger partial charge on any atom is 0.342 e. The molecule has 1 rings (SSSR count). The van der Waals surface area contributed by atoms with Crippen molar-refractivity contribution in [3.8, 4) is 0 Å². The fourth-order valence-electron chi connectivity index (χ4n) is 1.51. The van der Waals surface area contributed by atoms with Crippen LogP contribution < -0.4 is 0 Å². The fraction of sp³-hybridized carbons (Fsp3) is 0.286. The quantitative estimate of drug-likeness (QED) is 0.206. The number of para-hydroxylation sites is 1. The molecular weight excluding hydrogens is 262 g/mol. The van der Waals surface area contributed by atoms with E-state index in [9.17, 15) is 19.7 Å². The number of hydrogen-bond acceptors (Lipinski definition) is 5. The topological polar surface area (TPSA) is 86.5 Å². The monoisotopic (exact) mass is 277 g/mol. The summed E-state index contributed by atoms with van der Waals surface area (Å²) in [6.07, 6.45) is 0.807. The molecule has 0 bridgehead atoms. The molecule has 0 saturated carbocycles. The van der Waals surface area contributed by atoms with Crippen LogP contribution in [0.25, 0.3) is 6.08 Å². The molecule has 1 aromatic rings. The fourth-order valence-corrected chi connectivity index (χ4v) is 1.51. The zero-order valence-electron chi connectivity index (χ0n) is 11.5. The van der Waals surface area contributed by atoms with E-state index < -0.39 is 16.7 Å². The van der Waals surface area contributed by atoms with Crippen LogP contribution in [0.15, 0.2) is 29.8 Å². The Morgan fingerprint density at radius 3 is 2.40 bits per heavy atom. The van der Waals surface area contributed by atoms with E-state index >= 15 is 0 Å². The van der Waals surface area contributed by atoms with Crippen molar-refractivity contribution in [2.45, 2.75) is 26.9 Å². The number of esters is 1. The van der Waals surface area contributed by atoms with Gasteiger partial charge in [-0.25, -0.2) is 4.79 Å². The summed E-state index contributed by atoms with van der Waals surface area (Å²) in [7, 11) is 0. The van der Waals surface area contributed by atoms with Crippen molar-refractivity contribution in [1.82, 2.24) is 0 Å². The molecule has 6 heteroatoms. The molecule has 0 heterocycles. The van der Waals surface area contributed by atoms with Gasteiger partial charge in [0, 0.05) is 6.07 Å². The molecule has 0 N–H and O–H groups in total. The van der Waals surface area contributed by atoms with Gasteiger partial charge in [-0.3, -0.25) is 14.9 Å². The molecule has 0 aromatic heterocycles. The second-order valence-electron chi connectivity index (χ2n) is 4.38. The van der Waals surface area contributed by atoms with E-state index in [1.807, 2.05) is 0 Å². The number of benzene rings is 1. The zero-order chi connectivity index (χ0) is 15.3. The highest BCUT2D eigenvalue weighted by Gasteiger charge is 2.20. The van der Waals surface area contributed by atoms with Crippen LogP contribution in [-0.4, -0.2) is 22.8 Å². The molecule has 0 spiro atoms. The Kier molecular flexibility index (Phi) is 5.14.